The Bertz CT molecular complexity index is 889. The number of carbonyl (C=O) groups is 2. The third kappa shape index (κ3) is 3.90. The molecule has 29 heavy (non-hydrogen) atoms. The van der Waals surface area contributed by atoms with Gasteiger partial charge in [0.15, 0.2) is 0 Å². The van der Waals surface area contributed by atoms with E-state index in [4.69, 9.17) is 14.0 Å². The second-order valence-corrected chi connectivity index (χ2v) is 6.98. The molecule has 9 nitrogen and oxygen atoms in total. The number of carbonyl (C=O) groups excluding carboxylic acids is 2. The Morgan fingerprint density at radius 2 is 1.86 bits per heavy atom. The predicted molar refractivity (Wildman–Crippen MR) is 104 cm³/mol. The van der Waals surface area contributed by atoms with Crippen molar-refractivity contribution in [3.05, 3.63) is 24.1 Å². The molecule has 0 radical (unpaired) electrons. The zero-order valence-electron chi connectivity index (χ0n) is 17.2. The first-order valence-corrected chi connectivity index (χ1v) is 9.67. The van der Waals surface area contributed by atoms with Gasteiger partial charge >= 0.3 is 6.03 Å². The Kier molecular flexibility index (Phi) is 6.05. The molecule has 0 saturated carbocycles. The molecule has 1 aliphatic heterocycles. The molecule has 0 unspecified atom stereocenters. The fourth-order valence-electron chi connectivity index (χ4n) is 3.68. The summed E-state index contributed by atoms with van der Waals surface area (Å²) < 4.78 is 15.9. The number of nitrogens with zero attached hydrogens (tertiary/aromatic N) is 3. The predicted octanol–water partition coefficient (Wildman–Crippen LogP) is 3.14. The first-order chi connectivity index (χ1) is 14.0. The number of aromatic nitrogens is 2. The quantitative estimate of drug-likeness (QED) is 0.642. The summed E-state index contributed by atoms with van der Waals surface area (Å²) in [5, 5.41) is 6.85. The molecule has 3 rings (SSSR count). The molecule has 1 aromatic heterocycles. The Balaban J connectivity index is 1.82. The molecule has 1 aromatic carbocycles. The SMILES string of the molecule is CCCC1(CCC)NC(=O)N(Cc2nc(-c3ccc(OC)cc3OC)no2)C1=O. The van der Waals surface area contributed by atoms with Gasteiger partial charge in [-0.25, -0.2) is 4.79 Å². The summed E-state index contributed by atoms with van der Waals surface area (Å²) >= 11 is 0. The van der Waals surface area contributed by atoms with Crippen LogP contribution in [0.25, 0.3) is 11.4 Å². The van der Waals surface area contributed by atoms with Crippen molar-refractivity contribution in [2.45, 2.75) is 51.6 Å². The maximum Gasteiger partial charge on any atom is 0.325 e. The van der Waals surface area contributed by atoms with Crippen molar-refractivity contribution < 1.29 is 23.6 Å². The molecule has 0 spiro atoms. The second kappa shape index (κ2) is 8.50. The van der Waals surface area contributed by atoms with Crippen molar-refractivity contribution in [3.63, 3.8) is 0 Å². The van der Waals surface area contributed by atoms with Gasteiger partial charge in [-0.05, 0) is 25.0 Å². The first kappa shape index (κ1) is 20.6. The van der Waals surface area contributed by atoms with Gasteiger partial charge in [-0.2, -0.15) is 4.98 Å². The van der Waals surface area contributed by atoms with Crippen molar-refractivity contribution >= 4 is 11.9 Å². The van der Waals surface area contributed by atoms with Crippen LogP contribution in [0.1, 0.15) is 45.4 Å². The fraction of sp³-hybridized carbons (Fsp3) is 0.500. The number of methoxy groups -OCH3 is 2. The van der Waals surface area contributed by atoms with Crippen LogP contribution in [-0.4, -0.2) is 46.7 Å². The van der Waals surface area contributed by atoms with Gasteiger partial charge < -0.3 is 19.3 Å². The van der Waals surface area contributed by atoms with Crippen LogP contribution in [0.2, 0.25) is 0 Å². The lowest BCUT2D eigenvalue weighted by Crippen LogP contribution is -2.46. The van der Waals surface area contributed by atoms with Gasteiger partial charge in [0.1, 0.15) is 23.6 Å². The minimum Gasteiger partial charge on any atom is -0.497 e. The summed E-state index contributed by atoms with van der Waals surface area (Å²) in [6.07, 6.45) is 2.78. The number of ether oxygens (including phenoxy) is 2. The molecule has 2 heterocycles. The van der Waals surface area contributed by atoms with Gasteiger partial charge in [0.2, 0.25) is 11.7 Å². The number of hydrogen-bond donors (Lipinski definition) is 1. The first-order valence-electron chi connectivity index (χ1n) is 9.67. The molecule has 156 valence electrons. The molecule has 9 heteroatoms. The number of rotatable bonds is 9. The maximum atomic E-state index is 13.0. The largest absolute Gasteiger partial charge is 0.497 e. The molecule has 2 aromatic rings. The number of amides is 3. The van der Waals surface area contributed by atoms with Crippen LogP contribution in [0, 0.1) is 0 Å². The number of urea groups is 1. The third-order valence-electron chi connectivity index (χ3n) is 5.01. The molecule has 0 atom stereocenters. The van der Waals surface area contributed by atoms with E-state index in [0.717, 1.165) is 17.7 Å². The zero-order chi connectivity index (χ0) is 21.0. The van der Waals surface area contributed by atoms with E-state index in [2.05, 4.69) is 15.5 Å². The summed E-state index contributed by atoms with van der Waals surface area (Å²) in [7, 11) is 3.10. The number of benzene rings is 1. The van der Waals surface area contributed by atoms with Gasteiger partial charge in [-0.3, -0.25) is 9.69 Å². The van der Waals surface area contributed by atoms with Crippen molar-refractivity contribution in [1.29, 1.82) is 0 Å². The summed E-state index contributed by atoms with van der Waals surface area (Å²) in [5.41, 5.74) is -0.227. The average molecular weight is 402 g/mol. The highest BCUT2D eigenvalue weighted by molar-refractivity contribution is 6.06. The average Bonchev–Trinajstić information content (AvgIpc) is 3.27. The molecular weight excluding hydrogens is 376 g/mol. The molecule has 1 N–H and O–H groups in total. The summed E-state index contributed by atoms with van der Waals surface area (Å²) in [5.74, 6) is 1.39. The Morgan fingerprint density at radius 3 is 2.48 bits per heavy atom. The molecule has 3 amide bonds. The molecule has 0 bridgehead atoms. The van der Waals surface area contributed by atoms with E-state index in [1.807, 2.05) is 13.8 Å². The number of nitrogens with one attached hydrogen (secondary N) is 1. The summed E-state index contributed by atoms with van der Waals surface area (Å²) in [4.78, 5) is 31.0. The van der Waals surface area contributed by atoms with E-state index < -0.39 is 11.6 Å². The Hall–Kier alpha value is -3.10. The monoisotopic (exact) mass is 402 g/mol. The van der Waals surface area contributed by atoms with Crippen LogP contribution < -0.4 is 14.8 Å². The maximum absolute atomic E-state index is 13.0. The van der Waals surface area contributed by atoms with Crippen molar-refractivity contribution in [3.8, 4) is 22.9 Å². The van der Waals surface area contributed by atoms with Crippen LogP contribution >= 0.6 is 0 Å². The third-order valence-corrected chi connectivity index (χ3v) is 5.01. The lowest BCUT2D eigenvalue weighted by Gasteiger charge is -2.25. The highest BCUT2D eigenvalue weighted by atomic mass is 16.5. The van der Waals surface area contributed by atoms with Gasteiger partial charge in [-0.1, -0.05) is 31.8 Å². The van der Waals surface area contributed by atoms with Gasteiger partial charge in [-0.15, -0.1) is 0 Å². The van der Waals surface area contributed by atoms with Crippen molar-refractivity contribution in [2.24, 2.45) is 0 Å². The minimum atomic E-state index is -0.845. The summed E-state index contributed by atoms with van der Waals surface area (Å²) in [6.45, 7) is 3.91. The van der Waals surface area contributed by atoms with E-state index in [1.54, 1.807) is 25.3 Å². The van der Waals surface area contributed by atoms with Crippen LogP contribution in [-0.2, 0) is 11.3 Å². The fourth-order valence-corrected chi connectivity index (χ4v) is 3.68. The van der Waals surface area contributed by atoms with E-state index in [9.17, 15) is 9.59 Å². The van der Waals surface area contributed by atoms with Crippen LogP contribution in [0.3, 0.4) is 0 Å². The highest BCUT2D eigenvalue weighted by Gasteiger charge is 2.50. The van der Waals surface area contributed by atoms with Crippen LogP contribution in [0.5, 0.6) is 11.5 Å². The van der Waals surface area contributed by atoms with Gasteiger partial charge in [0, 0.05) is 6.07 Å². The van der Waals surface area contributed by atoms with Crippen LogP contribution in [0.15, 0.2) is 22.7 Å². The number of hydrogen-bond acceptors (Lipinski definition) is 7. The van der Waals surface area contributed by atoms with E-state index >= 15 is 0 Å². The van der Waals surface area contributed by atoms with E-state index in [0.29, 0.717) is 35.7 Å². The number of imide groups is 1. The van der Waals surface area contributed by atoms with Gasteiger partial charge in [0.05, 0.1) is 19.8 Å². The topological polar surface area (TPSA) is 107 Å². The van der Waals surface area contributed by atoms with Crippen LogP contribution in [0.4, 0.5) is 4.79 Å². The van der Waals surface area contributed by atoms with E-state index in [-0.39, 0.29) is 18.3 Å². The van der Waals surface area contributed by atoms with Gasteiger partial charge in [0.25, 0.3) is 5.91 Å². The lowest BCUT2D eigenvalue weighted by atomic mass is 9.88. The zero-order valence-corrected chi connectivity index (χ0v) is 17.2. The molecule has 1 aliphatic rings. The second-order valence-electron chi connectivity index (χ2n) is 6.98. The molecular formula is C20H26N4O5. The molecule has 0 aliphatic carbocycles. The normalized spacial score (nSPS) is 15.5. The Morgan fingerprint density at radius 1 is 1.14 bits per heavy atom. The van der Waals surface area contributed by atoms with Crippen molar-refractivity contribution in [2.75, 3.05) is 14.2 Å². The molecule has 1 saturated heterocycles. The standard InChI is InChI=1S/C20H26N4O5/c1-5-9-20(10-6-2)18(25)24(19(26)22-20)12-16-21-17(23-29-16)14-8-7-13(27-3)11-15(14)28-4/h7-8,11H,5-6,9-10,12H2,1-4H3,(H,22,26). The lowest BCUT2D eigenvalue weighted by molar-refractivity contribution is -0.132. The summed E-state index contributed by atoms with van der Waals surface area (Å²) in [6, 6.07) is 4.80. The smallest absolute Gasteiger partial charge is 0.325 e. The Labute approximate surface area is 169 Å². The highest BCUT2D eigenvalue weighted by Crippen LogP contribution is 2.32. The van der Waals surface area contributed by atoms with Crippen molar-refractivity contribution in [1.82, 2.24) is 20.4 Å². The minimum absolute atomic E-state index is 0.0781. The molecule has 1 fully saturated rings. The van der Waals surface area contributed by atoms with E-state index in [1.165, 1.54) is 7.11 Å².